The van der Waals surface area contributed by atoms with Crippen LogP contribution in [0.4, 0.5) is 11.4 Å². The lowest BCUT2D eigenvalue weighted by Gasteiger charge is -2.60. The van der Waals surface area contributed by atoms with E-state index in [2.05, 4.69) is 26.1 Å². The fourth-order valence-electron chi connectivity index (χ4n) is 7.65. The molecule has 1 saturated heterocycles. The number of anilines is 2. The van der Waals surface area contributed by atoms with Crippen molar-refractivity contribution in [2.75, 3.05) is 49.6 Å². The maximum atomic E-state index is 13.5. The van der Waals surface area contributed by atoms with Crippen molar-refractivity contribution in [3.8, 4) is 0 Å². The number of hydrogen-bond acceptors (Lipinski definition) is 5. The highest BCUT2D eigenvalue weighted by atomic mass is 79.9. The van der Waals surface area contributed by atoms with Crippen LogP contribution < -0.4 is 10.2 Å². The summed E-state index contributed by atoms with van der Waals surface area (Å²) in [5, 5.41) is 3.16. The second-order valence-corrected chi connectivity index (χ2v) is 14.8. The van der Waals surface area contributed by atoms with E-state index in [1.807, 2.05) is 19.9 Å². The summed E-state index contributed by atoms with van der Waals surface area (Å²) in [6.45, 7) is 7.16. The molecule has 1 heterocycles. The zero-order chi connectivity index (χ0) is 24.8. The second kappa shape index (κ2) is 9.62. The molecule has 4 saturated carbocycles. The largest absolute Gasteiger partial charge is 0.378 e. The topological polar surface area (TPSA) is 79.0 Å². The van der Waals surface area contributed by atoms with Gasteiger partial charge in [0.15, 0.2) is 0 Å². The number of benzene rings is 1. The summed E-state index contributed by atoms with van der Waals surface area (Å²) >= 11 is 4.05. The van der Waals surface area contributed by atoms with Crippen molar-refractivity contribution >= 4 is 43.2 Å². The Balaban J connectivity index is 1.41. The van der Waals surface area contributed by atoms with Crippen molar-refractivity contribution in [1.82, 2.24) is 4.31 Å². The third kappa shape index (κ3) is 5.03. The van der Waals surface area contributed by atoms with E-state index >= 15 is 0 Å². The number of hydrogen-bond donors (Lipinski definition) is 1. The Labute approximate surface area is 218 Å². The summed E-state index contributed by atoms with van der Waals surface area (Å²) in [5.74, 6) is 1.43. The lowest BCUT2D eigenvalue weighted by Crippen LogP contribution is -2.53. The van der Waals surface area contributed by atoms with Gasteiger partial charge in [-0.3, -0.25) is 4.79 Å². The van der Waals surface area contributed by atoms with Crippen LogP contribution >= 0.6 is 15.9 Å². The maximum absolute atomic E-state index is 13.5. The Morgan fingerprint density at radius 2 is 1.80 bits per heavy atom. The van der Waals surface area contributed by atoms with Crippen LogP contribution in [0.15, 0.2) is 23.1 Å². The monoisotopic (exact) mass is 567 g/mol. The Kier molecular flexibility index (Phi) is 7.00. The molecule has 6 rings (SSSR count). The van der Waals surface area contributed by atoms with Gasteiger partial charge in [-0.05, 0) is 74.0 Å². The van der Waals surface area contributed by atoms with E-state index in [1.165, 1.54) is 23.6 Å². The van der Waals surface area contributed by atoms with Gasteiger partial charge in [-0.15, -0.1) is 0 Å². The highest BCUT2D eigenvalue weighted by Crippen LogP contribution is 2.65. The molecule has 5 fully saturated rings. The van der Waals surface area contributed by atoms with Crippen molar-refractivity contribution < 1.29 is 17.9 Å². The van der Waals surface area contributed by atoms with Crippen LogP contribution in [0.1, 0.15) is 58.8 Å². The number of morpholine rings is 1. The van der Waals surface area contributed by atoms with Crippen LogP contribution in [0.5, 0.6) is 0 Å². The number of nitrogens with zero attached hydrogens (tertiary/aromatic N) is 2. The minimum atomic E-state index is -3.63. The highest BCUT2D eigenvalue weighted by Gasteiger charge is 2.57. The van der Waals surface area contributed by atoms with Gasteiger partial charge in [-0.25, -0.2) is 8.42 Å². The van der Waals surface area contributed by atoms with Crippen LogP contribution in [-0.2, 0) is 19.6 Å². The van der Waals surface area contributed by atoms with Crippen LogP contribution in [-0.4, -0.2) is 62.3 Å². The second-order valence-electron chi connectivity index (χ2n) is 11.2. The lowest BCUT2D eigenvalue weighted by molar-refractivity contribution is -0.123. The molecule has 0 radical (unpaired) electrons. The zero-order valence-corrected chi connectivity index (χ0v) is 23.3. The van der Waals surface area contributed by atoms with E-state index in [-0.39, 0.29) is 20.5 Å². The van der Waals surface area contributed by atoms with Gasteiger partial charge in [0, 0.05) is 36.9 Å². The number of amides is 1. The van der Waals surface area contributed by atoms with Crippen LogP contribution in [0.2, 0.25) is 0 Å². The normalized spacial score (nSPS) is 32.3. The number of sulfonamides is 1. The molecule has 4 atom stereocenters. The molecule has 1 aromatic rings. The standard InChI is InChI=1S/C26H38BrN3O4S/c1-3-30(4-2)35(32,33)21-5-6-23(29-7-9-34-10-8-29)22(12-21)28-24(31)17-25-13-19-11-20(14-25)16-26(27,15-19)18-25/h5-6,12,19-20H,3-4,7-11,13-18H2,1-2H3,(H,28,31)/t19-,20+,25?,26?. The Hall–Kier alpha value is -1.16. The molecule has 194 valence electrons. The molecule has 9 heteroatoms. The van der Waals surface area contributed by atoms with Crippen molar-refractivity contribution in [1.29, 1.82) is 0 Å². The first kappa shape index (κ1) is 25.5. The summed E-state index contributed by atoms with van der Waals surface area (Å²) in [5.41, 5.74) is 1.51. The number of carbonyl (C=O) groups is 1. The molecule has 4 bridgehead atoms. The number of halogens is 1. The quantitative estimate of drug-likeness (QED) is 0.464. The molecule has 0 spiro atoms. The molecule has 2 unspecified atom stereocenters. The first-order valence-electron chi connectivity index (χ1n) is 13.1. The SMILES string of the molecule is CCN(CC)S(=O)(=O)c1ccc(N2CCOCC2)c(NC(=O)CC23C[C@@H]4C[C@@H](CC(Br)(C4)C2)C3)c1. The summed E-state index contributed by atoms with van der Waals surface area (Å²) in [7, 11) is -3.63. The van der Waals surface area contributed by atoms with Gasteiger partial charge in [0.1, 0.15) is 0 Å². The van der Waals surface area contributed by atoms with E-state index in [0.29, 0.717) is 51.5 Å². The lowest BCUT2D eigenvalue weighted by atomic mass is 9.48. The van der Waals surface area contributed by atoms with Crippen LogP contribution in [0.25, 0.3) is 0 Å². The minimum absolute atomic E-state index is 0.00468. The third-order valence-electron chi connectivity index (χ3n) is 8.58. The molecule has 1 aliphatic heterocycles. The molecule has 0 aromatic heterocycles. The molecule has 4 aliphatic carbocycles. The Morgan fingerprint density at radius 3 is 2.40 bits per heavy atom. The number of alkyl halides is 1. The summed E-state index contributed by atoms with van der Waals surface area (Å²) in [6, 6.07) is 5.17. The number of nitrogens with one attached hydrogen (secondary N) is 1. The van der Waals surface area contributed by atoms with Crippen molar-refractivity contribution in [3.05, 3.63) is 18.2 Å². The molecule has 5 aliphatic rings. The third-order valence-corrected chi connectivity index (χ3v) is 11.6. The van der Waals surface area contributed by atoms with Crippen molar-refractivity contribution in [2.24, 2.45) is 17.3 Å². The van der Waals surface area contributed by atoms with Gasteiger partial charge >= 0.3 is 0 Å². The minimum Gasteiger partial charge on any atom is -0.378 e. The van der Waals surface area contributed by atoms with Crippen LogP contribution in [0.3, 0.4) is 0 Å². The van der Waals surface area contributed by atoms with Gasteiger partial charge in [-0.2, -0.15) is 4.31 Å². The van der Waals surface area contributed by atoms with E-state index in [0.717, 1.165) is 36.8 Å². The van der Waals surface area contributed by atoms with Crippen molar-refractivity contribution in [2.45, 2.75) is 68.0 Å². The number of rotatable bonds is 8. The number of ether oxygens (including phenoxy) is 1. The van der Waals surface area contributed by atoms with E-state index in [4.69, 9.17) is 4.74 Å². The van der Waals surface area contributed by atoms with E-state index in [9.17, 15) is 13.2 Å². The van der Waals surface area contributed by atoms with E-state index < -0.39 is 10.0 Å². The van der Waals surface area contributed by atoms with Gasteiger partial charge < -0.3 is 15.0 Å². The first-order chi connectivity index (χ1) is 16.7. The molecular formula is C26H38BrN3O4S. The van der Waals surface area contributed by atoms with E-state index in [1.54, 1.807) is 12.1 Å². The van der Waals surface area contributed by atoms with Gasteiger partial charge in [0.2, 0.25) is 15.9 Å². The maximum Gasteiger partial charge on any atom is 0.243 e. The molecule has 1 aromatic carbocycles. The molecular weight excluding hydrogens is 530 g/mol. The van der Waals surface area contributed by atoms with Gasteiger partial charge in [0.05, 0.1) is 29.5 Å². The molecule has 35 heavy (non-hydrogen) atoms. The van der Waals surface area contributed by atoms with Gasteiger partial charge in [0.25, 0.3) is 0 Å². The fourth-order valence-corrected chi connectivity index (χ4v) is 10.6. The predicted octanol–water partition coefficient (Wildman–Crippen LogP) is 4.62. The van der Waals surface area contributed by atoms with Gasteiger partial charge in [-0.1, -0.05) is 29.8 Å². The average molecular weight is 569 g/mol. The Bertz CT molecular complexity index is 1050. The first-order valence-corrected chi connectivity index (χ1v) is 15.3. The highest BCUT2D eigenvalue weighted by molar-refractivity contribution is 9.10. The Morgan fingerprint density at radius 1 is 1.14 bits per heavy atom. The predicted molar refractivity (Wildman–Crippen MR) is 142 cm³/mol. The number of carbonyl (C=O) groups excluding carboxylic acids is 1. The fraction of sp³-hybridized carbons (Fsp3) is 0.731. The zero-order valence-electron chi connectivity index (χ0n) is 20.9. The average Bonchev–Trinajstić information content (AvgIpc) is 2.78. The molecule has 7 nitrogen and oxygen atoms in total. The molecule has 1 amide bonds. The van der Waals surface area contributed by atoms with Crippen molar-refractivity contribution in [3.63, 3.8) is 0 Å². The summed E-state index contributed by atoms with van der Waals surface area (Å²) < 4.78 is 33.6. The molecule has 1 N–H and O–H groups in total. The summed E-state index contributed by atoms with van der Waals surface area (Å²) in [6.07, 6.45) is 7.62. The summed E-state index contributed by atoms with van der Waals surface area (Å²) in [4.78, 5) is 15.9. The smallest absolute Gasteiger partial charge is 0.243 e. The van der Waals surface area contributed by atoms with Crippen LogP contribution in [0, 0.1) is 17.3 Å².